The second-order valence-corrected chi connectivity index (χ2v) is 3.85. The van der Waals surface area contributed by atoms with Crippen molar-refractivity contribution in [2.45, 2.75) is 26.4 Å². The van der Waals surface area contributed by atoms with E-state index in [9.17, 15) is 0 Å². The van der Waals surface area contributed by atoms with E-state index in [0.29, 0.717) is 0 Å². The van der Waals surface area contributed by atoms with E-state index in [4.69, 9.17) is 0 Å². The molecule has 4 nitrogen and oxygen atoms in total. The van der Waals surface area contributed by atoms with Crippen molar-refractivity contribution < 1.29 is 0 Å². The quantitative estimate of drug-likeness (QED) is 0.821. The van der Waals surface area contributed by atoms with E-state index in [-0.39, 0.29) is 6.04 Å². The second kappa shape index (κ2) is 4.90. The first-order valence-electron chi connectivity index (χ1n) is 5.40. The molecule has 2 rings (SSSR count). The molecule has 0 amide bonds. The zero-order chi connectivity index (χ0) is 11.4. The molecular formula is C12H16N4. The van der Waals surface area contributed by atoms with E-state index in [2.05, 4.69) is 27.2 Å². The number of nitrogens with one attached hydrogen (secondary N) is 2. The Bertz CT molecular complexity index is 435. The predicted molar refractivity (Wildman–Crippen MR) is 62.8 cm³/mol. The third-order valence-electron chi connectivity index (χ3n) is 2.49. The van der Waals surface area contributed by atoms with E-state index in [1.165, 1.54) is 0 Å². The summed E-state index contributed by atoms with van der Waals surface area (Å²) in [6, 6.07) is 6.19. The molecule has 16 heavy (non-hydrogen) atoms. The third kappa shape index (κ3) is 2.67. The minimum Gasteiger partial charge on any atom is -0.345 e. The van der Waals surface area contributed by atoms with Crippen molar-refractivity contribution in [3.05, 3.63) is 47.8 Å². The molecule has 2 heterocycles. The molecule has 0 bridgehead atoms. The van der Waals surface area contributed by atoms with Crippen LogP contribution in [0.5, 0.6) is 0 Å². The van der Waals surface area contributed by atoms with Crippen molar-refractivity contribution in [2.24, 2.45) is 0 Å². The first-order valence-corrected chi connectivity index (χ1v) is 5.40. The molecular weight excluding hydrogens is 200 g/mol. The van der Waals surface area contributed by atoms with Gasteiger partial charge in [-0.1, -0.05) is 6.07 Å². The van der Waals surface area contributed by atoms with Crippen LogP contribution < -0.4 is 5.32 Å². The molecule has 0 saturated heterocycles. The number of rotatable bonds is 4. The summed E-state index contributed by atoms with van der Waals surface area (Å²) in [7, 11) is 0. The average Bonchev–Trinajstić information content (AvgIpc) is 2.73. The van der Waals surface area contributed by atoms with Crippen molar-refractivity contribution in [1.29, 1.82) is 0 Å². The number of pyridine rings is 1. The van der Waals surface area contributed by atoms with Gasteiger partial charge < -0.3 is 10.3 Å². The Labute approximate surface area is 95.1 Å². The topological polar surface area (TPSA) is 53.6 Å². The number of nitrogens with zero attached hydrogens (tertiary/aromatic N) is 2. The maximum absolute atomic E-state index is 4.31. The molecule has 1 unspecified atom stereocenters. The zero-order valence-corrected chi connectivity index (χ0v) is 9.57. The summed E-state index contributed by atoms with van der Waals surface area (Å²) in [5.41, 5.74) is 2.15. The minimum absolute atomic E-state index is 0.241. The number of aryl methyl sites for hydroxylation is 1. The van der Waals surface area contributed by atoms with Gasteiger partial charge in [-0.2, -0.15) is 0 Å². The van der Waals surface area contributed by atoms with Crippen molar-refractivity contribution in [3.63, 3.8) is 0 Å². The van der Waals surface area contributed by atoms with Gasteiger partial charge in [0.1, 0.15) is 5.82 Å². The molecule has 2 N–H and O–H groups in total. The summed E-state index contributed by atoms with van der Waals surface area (Å²) >= 11 is 0. The molecule has 0 aliphatic carbocycles. The Morgan fingerprint density at radius 2 is 2.25 bits per heavy atom. The Morgan fingerprint density at radius 3 is 2.88 bits per heavy atom. The van der Waals surface area contributed by atoms with Gasteiger partial charge in [0.05, 0.1) is 5.69 Å². The first-order chi connectivity index (χ1) is 7.75. The summed E-state index contributed by atoms with van der Waals surface area (Å²) in [6.45, 7) is 4.83. The minimum atomic E-state index is 0.241. The van der Waals surface area contributed by atoms with E-state index in [1.54, 1.807) is 0 Å². The highest BCUT2D eigenvalue weighted by atomic mass is 15.0. The second-order valence-electron chi connectivity index (χ2n) is 3.85. The number of hydrogen-bond donors (Lipinski definition) is 2. The molecule has 0 aromatic carbocycles. The van der Waals surface area contributed by atoms with Gasteiger partial charge in [0.2, 0.25) is 0 Å². The molecule has 2 aromatic heterocycles. The summed E-state index contributed by atoms with van der Waals surface area (Å²) in [5, 5.41) is 3.39. The van der Waals surface area contributed by atoms with Gasteiger partial charge in [0, 0.05) is 30.7 Å². The summed E-state index contributed by atoms with van der Waals surface area (Å²) in [6.07, 6.45) is 3.67. The van der Waals surface area contributed by atoms with Gasteiger partial charge in [-0.3, -0.25) is 4.98 Å². The van der Waals surface area contributed by atoms with Gasteiger partial charge in [-0.15, -0.1) is 0 Å². The van der Waals surface area contributed by atoms with Crippen LogP contribution in [-0.4, -0.2) is 15.0 Å². The molecule has 84 valence electrons. The predicted octanol–water partition coefficient (Wildman–Crippen LogP) is 1.96. The number of hydrogen-bond acceptors (Lipinski definition) is 3. The molecule has 0 saturated carbocycles. The van der Waals surface area contributed by atoms with Gasteiger partial charge in [0.15, 0.2) is 0 Å². The Kier molecular flexibility index (Phi) is 3.31. The van der Waals surface area contributed by atoms with E-state index >= 15 is 0 Å². The highest BCUT2D eigenvalue weighted by Crippen LogP contribution is 2.08. The van der Waals surface area contributed by atoms with Gasteiger partial charge >= 0.3 is 0 Å². The van der Waals surface area contributed by atoms with Crippen molar-refractivity contribution in [2.75, 3.05) is 0 Å². The lowest BCUT2D eigenvalue weighted by atomic mass is 10.2. The molecule has 0 aliphatic heterocycles. The number of aromatic amines is 1. The van der Waals surface area contributed by atoms with Crippen LogP contribution in [0.1, 0.15) is 30.2 Å². The highest BCUT2D eigenvalue weighted by Gasteiger charge is 2.05. The van der Waals surface area contributed by atoms with Crippen molar-refractivity contribution >= 4 is 0 Å². The van der Waals surface area contributed by atoms with Crippen LogP contribution in [0.2, 0.25) is 0 Å². The third-order valence-corrected chi connectivity index (χ3v) is 2.49. The zero-order valence-electron chi connectivity index (χ0n) is 9.57. The fourth-order valence-electron chi connectivity index (χ4n) is 1.56. The monoisotopic (exact) mass is 216 g/mol. The smallest absolute Gasteiger partial charge is 0.103 e. The molecule has 1 atom stereocenters. The molecule has 2 aromatic rings. The maximum Gasteiger partial charge on any atom is 0.103 e. The van der Waals surface area contributed by atoms with Crippen LogP contribution >= 0.6 is 0 Å². The number of aromatic nitrogens is 3. The lowest BCUT2D eigenvalue weighted by Gasteiger charge is -2.11. The Balaban J connectivity index is 1.91. The average molecular weight is 216 g/mol. The Morgan fingerprint density at radius 1 is 1.38 bits per heavy atom. The van der Waals surface area contributed by atoms with Crippen LogP contribution in [0.4, 0.5) is 0 Å². The summed E-state index contributed by atoms with van der Waals surface area (Å²) in [4.78, 5) is 11.7. The molecule has 0 fully saturated rings. The van der Waals surface area contributed by atoms with Crippen molar-refractivity contribution in [1.82, 2.24) is 20.3 Å². The van der Waals surface area contributed by atoms with Crippen molar-refractivity contribution in [3.8, 4) is 0 Å². The van der Waals surface area contributed by atoms with Gasteiger partial charge in [0.25, 0.3) is 0 Å². The maximum atomic E-state index is 4.31. The van der Waals surface area contributed by atoms with Crippen LogP contribution in [0.25, 0.3) is 0 Å². The normalized spacial score (nSPS) is 12.6. The highest BCUT2D eigenvalue weighted by molar-refractivity contribution is 5.08. The molecule has 0 spiro atoms. The van der Waals surface area contributed by atoms with E-state index in [1.807, 2.05) is 37.5 Å². The van der Waals surface area contributed by atoms with Gasteiger partial charge in [-0.25, -0.2) is 4.98 Å². The first kappa shape index (κ1) is 10.8. The summed E-state index contributed by atoms with van der Waals surface area (Å²) in [5.74, 6) is 0.947. The fourth-order valence-corrected chi connectivity index (χ4v) is 1.56. The molecule has 4 heteroatoms. The molecule has 0 aliphatic rings. The van der Waals surface area contributed by atoms with Crippen LogP contribution in [-0.2, 0) is 6.54 Å². The van der Waals surface area contributed by atoms with E-state index in [0.717, 1.165) is 23.8 Å². The molecule has 0 radical (unpaired) electrons. The number of imidazole rings is 1. The number of H-pyrrole nitrogens is 1. The van der Waals surface area contributed by atoms with Crippen LogP contribution in [0.3, 0.4) is 0 Å². The fraction of sp³-hybridized carbons (Fsp3) is 0.333. The summed E-state index contributed by atoms with van der Waals surface area (Å²) < 4.78 is 0. The van der Waals surface area contributed by atoms with Crippen LogP contribution in [0.15, 0.2) is 30.6 Å². The van der Waals surface area contributed by atoms with Crippen LogP contribution in [0, 0.1) is 6.92 Å². The van der Waals surface area contributed by atoms with E-state index < -0.39 is 0 Å². The Hall–Kier alpha value is -1.68. The largest absolute Gasteiger partial charge is 0.345 e. The van der Waals surface area contributed by atoms with Gasteiger partial charge in [-0.05, 0) is 26.0 Å². The lowest BCUT2D eigenvalue weighted by Crippen LogP contribution is -2.19. The lowest BCUT2D eigenvalue weighted by molar-refractivity contribution is 0.556. The standard InChI is InChI=1S/C12H16N4/c1-9(12-5-3-4-6-13-12)14-7-11-8-15-10(2)16-11/h3-6,8-9,14H,7H2,1-2H3,(H,15,16). The SMILES string of the molecule is Cc1ncc(CNC(C)c2ccccn2)[nH]1.